The first-order chi connectivity index (χ1) is 12.3. The van der Waals surface area contributed by atoms with E-state index < -0.39 is 17.4 Å². The summed E-state index contributed by atoms with van der Waals surface area (Å²) in [5.41, 5.74) is -0.369. The summed E-state index contributed by atoms with van der Waals surface area (Å²) >= 11 is 6.12. The zero-order valence-electron chi connectivity index (χ0n) is 13.0. The molecule has 5 nitrogen and oxygen atoms in total. The number of H-pyrrole nitrogens is 1. The molecule has 0 radical (unpaired) electrons. The van der Waals surface area contributed by atoms with E-state index in [0.29, 0.717) is 11.1 Å². The molecule has 9 heteroatoms. The third kappa shape index (κ3) is 3.76. The monoisotopic (exact) mass is 381 g/mol. The van der Waals surface area contributed by atoms with Gasteiger partial charge in [0.15, 0.2) is 5.82 Å². The van der Waals surface area contributed by atoms with Crippen LogP contribution >= 0.6 is 11.6 Å². The predicted molar refractivity (Wildman–Crippen MR) is 89.5 cm³/mol. The van der Waals surface area contributed by atoms with Gasteiger partial charge in [0, 0.05) is 11.1 Å². The highest BCUT2D eigenvalue weighted by molar-refractivity contribution is 6.33. The second-order valence-corrected chi connectivity index (χ2v) is 5.78. The van der Waals surface area contributed by atoms with E-state index in [9.17, 15) is 23.1 Å². The number of rotatable bonds is 3. The summed E-state index contributed by atoms with van der Waals surface area (Å²) in [7, 11) is 0. The Bertz CT molecular complexity index is 1000. The molecule has 0 amide bonds. The van der Waals surface area contributed by atoms with Crippen molar-refractivity contribution < 1.29 is 18.3 Å². The maximum Gasteiger partial charge on any atom is 0.416 e. The van der Waals surface area contributed by atoms with Gasteiger partial charge < -0.3 is 5.11 Å². The van der Waals surface area contributed by atoms with Crippen molar-refractivity contribution in [3.63, 3.8) is 0 Å². The Balaban J connectivity index is 2.08. The Labute approximate surface area is 150 Å². The van der Waals surface area contributed by atoms with Gasteiger partial charge in [0.05, 0.1) is 17.2 Å². The highest BCUT2D eigenvalue weighted by atomic mass is 35.5. The molecule has 2 N–H and O–H groups in total. The van der Waals surface area contributed by atoms with Crippen LogP contribution in [0.25, 0.3) is 22.8 Å². The molecular weight excluding hydrogens is 371 g/mol. The Hall–Kier alpha value is -2.71. The van der Waals surface area contributed by atoms with Crippen molar-refractivity contribution in [2.24, 2.45) is 0 Å². The van der Waals surface area contributed by atoms with E-state index in [1.54, 1.807) is 18.2 Å². The summed E-state index contributed by atoms with van der Waals surface area (Å²) in [4.78, 5) is 22.2. The molecule has 0 aliphatic carbocycles. The van der Waals surface area contributed by atoms with Crippen LogP contribution in [0.2, 0.25) is 5.02 Å². The summed E-state index contributed by atoms with van der Waals surface area (Å²) in [5.74, 6) is 0.0585. The average molecular weight is 382 g/mol. The third-order valence-electron chi connectivity index (χ3n) is 3.59. The van der Waals surface area contributed by atoms with Gasteiger partial charge in [-0.2, -0.15) is 18.2 Å². The Morgan fingerprint density at radius 1 is 1.08 bits per heavy atom. The molecule has 134 valence electrons. The van der Waals surface area contributed by atoms with Crippen molar-refractivity contribution in [2.75, 3.05) is 0 Å². The number of halogens is 4. The molecule has 0 bridgehead atoms. The fraction of sp³-hybridized carbons (Fsp3) is 0.118. The molecule has 0 aliphatic rings. The standard InChI is InChI=1S/C17H11ClF3N3O2/c18-13-6-1-9(8-25)7-12(13)15-22-14(23-16(26)24-15)10-2-4-11(5-3-10)17(19,20)21/h1-7,25H,8H2,(H,22,23,24,26). The third-order valence-corrected chi connectivity index (χ3v) is 3.92. The largest absolute Gasteiger partial charge is 0.416 e. The molecule has 0 spiro atoms. The molecule has 2 aromatic carbocycles. The summed E-state index contributed by atoms with van der Waals surface area (Å²) in [5, 5.41) is 9.53. The lowest BCUT2D eigenvalue weighted by atomic mass is 10.1. The van der Waals surface area contributed by atoms with Gasteiger partial charge in [-0.1, -0.05) is 29.8 Å². The molecule has 1 aromatic heterocycles. The van der Waals surface area contributed by atoms with E-state index in [1.165, 1.54) is 12.1 Å². The fourth-order valence-electron chi connectivity index (χ4n) is 2.30. The number of aromatic nitrogens is 3. The van der Waals surface area contributed by atoms with Crippen molar-refractivity contribution >= 4 is 11.6 Å². The van der Waals surface area contributed by atoms with E-state index in [4.69, 9.17) is 11.6 Å². The number of hydrogen-bond acceptors (Lipinski definition) is 4. The summed E-state index contributed by atoms with van der Waals surface area (Å²) in [6, 6.07) is 8.86. The van der Waals surface area contributed by atoms with Crippen LogP contribution in [0.15, 0.2) is 47.3 Å². The first-order valence-corrected chi connectivity index (χ1v) is 7.71. The minimum atomic E-state index is -4.46. The number of nitrogens with one attached hydrogen (secondary N) is 1. The van der Waals surface area contributed by atoms with Crippen molar-refractivity contribution in [1.82, 2.24) is 15.0 Å². The Morgan fingerprint density at radius 2 is 1.77 bits per heavy atom. The molecule has 26 heavy (non-hydrogen) atoms. The SMILES string of the molecule is O=c1nc(-c2ccc(C(F)(F)F)cc2)nc(-c2cc(CO)ccc2Cl)[nH]1. The van der Waals surface area contributed by atoms with E-state index >= 15 is 0 Å². The normalized spacial score (nSPS) is 11.6. The molecule has 0 fully saturated rings. The van der Waals surface area contributed by atoms with E-state index in [2.05, 4.69) is 15.0 Å². The first-order valence-electron chi connectivity index (χ1n) is 7.33. The maximum atomic E-state index is 12.7. The predicted octanol–water partition coefficient (Wildman–Crippen LogP) is 3.66. The molecule has 3 rings (SSSR count). The van der Waals surface area contributed by atoms with Gasteiger partial charge in [0.1, 0.15) is 5.82 Å². The smallest absolute Gasteiger partial charge is 0.392 e. The van der Waals surface area contributed by atoms with Gasteiger partial charge in [-0.25, -0.2) is 9.78 Å². The van der Waals surface area contributed by atoms with Gasteiger partial charge >= 0.3 is 11.9 Å². The lowest BCUT2D eigenvalue weighted by molar-refractivity contribution is -0.137. The number of hydrogen-bond donors (Lipinski definition) is 2. The Kier molecular flexibility index (Phi) is 4.80. The second-order valence-electron chi connectivity index (χ2n) is 5.37. The van der Waals surface area contributed by atoms with Crippen LogP contribution in [0.3, 0.4) is 0 Å². The van der Waals surface area contributed by atoms with E-state index in [-0.39, 0.29) is 28.8 Å². The van der Waals surface area contributed by atoms with Crippen LogP contribution in [0.5, 0.6) is 0 Å². The maximum absolute atomic E-state index is 12.7. The summed E-state index contributed by atoms with van der Waals surface area (Å²) in [6.45, 7) is -0.231. The zero-order chi connectivity index (χ0) is 18.9. The number of nitrogens with zero attached hydrogens (tertiary/aromatic N) is 2. The average Bonchev–Trinajstić information content (AvgIpc) is 2.61. The lowest BCUT2D eigenvalue weighted by Crippen LogP contribution is -2.14. The molecular formula is C17H11ClF3N3O2. The van der Waals surface area contributed by atoms with Crippen LogP contribution in [0.4, 0.5) is 13.2 Å². The van der Waals surface area contributed by atoms with Crippen LogP contribution in [-0.4, -0.2) is 20.1 Å². The Morgan fingerprint density at radius 3 is 2.38 bits per heavy atom. The van der Waals surface area contributed by atoms with Gasteiger partial charge in [0.2, 0.25) is 0 Å². The zero-order valence-corrected chi connectivity index (χ0v) is 13.8. The van der Waals surface area contributed by atoms with Crippen LogP contribution < -0.4 is 5.69 Å². The van der Waals surface area contributed by atoms with Crippen LogP contribution in [0.1, 0.15) is 11.1 Å². The van der Waals surface area contributed by atoms with Gasteiger partial charge in [-0.05, 0) is 29.8 Å². The lowest BCUT2D eigenvalue weighted by Gasteiger charge is -2.09. The number of alkyl halides is 3. The van der Waals surface area contributed by atoms with Gasteiger partial charge in [-0.15, -0.1) is 0 Å². The number of aliphatic hydroxyl groups excluding tert-OH is 1. The molecule has 0 saturated heterocycles. The molecule has 0 aliphatic heterocycles. The second kappa shape index (κ2) is 6.89. The molecule has 0 atom stereocenters. The topological polar surface area (TPSA) is 78.9 Å². The number of aromatic amines is 1. The highest BCUT2D eigenvalue weighted by Gasteiger charge is 2.30. The van der Waals surface area contributed by atoms with Crippen molar-refractivity contribution in [3.05, 3.63) is 69.1 Å². The summed E-state index contributed by atoms with van der Waals surface area (Å²) < 4.78 is 38.0. The first kappa shape index (κ1) is 18.1. The number of aliphatic hydroxyl groups is 1. The van der Waals surface area contributed by atoms with Gasteiger partial charge in [0.25, 0.3) is 0 Å². The van der Waals surface area contributed by atoms with Crippen molar-refractivity contribution in [2.45, 2.75) is 12.8 Å². The quantitative estimate of drug-likeness (QED) is 0.725. The fourth-order valence-corrected chi connectivity index (χ4v) is 2.51. The van der Waals surface area contributed by atoms with Crippen molar-refractivity contribution in [3.8, 4) is 22.8 Å². The minimum Gasteiger partial charge on any atom is -0.392 e. The van der Waals surface area contributed by atoms with Crippen LogP contribution in [0, 0.1) is 0 Å². The molecule has 0 saturated carbocycles. The van der Waals surface area contributed by atoms with E-state index in [1.807, 2.05) is 0 Å². The number of benzene rings is 2. The van der Waals surface area contributed by atoms with Crippen molar-refractivity contribution in [1.29, 1.82) is 0 Å². The van der Waals surface area contributed by atoms with E-state index in [0.717, 1.165) is 12.1 Å². The van der Waals surface area contributed by atoms with Gasteiger partial charge in [-0.3, -0.25) is 4.98 Å². The highest BCUT2D eigenvalue weighted by Crippen LogP contribution is 2.31. The van der Waals surface area contributed by atoms with Crippen LogP contribution in [-0.2, 0) is 12.8 Å². The minimum absolute atomic E-state index is 0.0389. The molecule has 0 unspecified atom stereocenters. The summed E-state index contributed by atoms with van der Waals surface area (Å²) in [6.07, 6.45) is -4.46. The molecule has 1 heterocycles. The molecule has 3 aromatic rings.